The minimum Gasteiger partial charge on any atom is -0.422 e. The lowest BCUT2D eigenvalue weighted by Crippen LogP contribution is -2.33. The number of carbonyl (C=O) groups is 1. The lowest BCUT2D eigenvalue weighted by atomic mass is 10.0. The summed E-state index contributed by atoms with van der Waals surface area (Å²) >= 11 is 6.40. The number of aromatic amines is 2. The Kier molecular flexibility index (Phi) is 8.95. The van der Waals surface area contributed by atoms with Gasteiger partial charge in [0, 0.05) is 16.6 Å². The highest BCUT2D eigenvalue weighted by Crippen LogP contribution is 2.33. The number of pyridine rings is 1. The molecule has 0 aliphatic carbocycles. The molecule has 0 aliphatic rings. The van der Waals surface area contributed by atoms with Gasteiger partial charge in [-0.15, -0.1) is 16.4 Å². The number of aromatic nitrogens is 5. The summed E-state index contributed by atoms with van der Waals surface area (Å²) in [6.45, 7) is 3.98. The second-order valence-corrected chi connectivity index (χ2v) is 14.9. The summed E-state index contributed by atoms with van der Waals surface area (Å²) in [6, 6.07) is 32.4. The fourth-order valence-electron chi connectivity index (χ4n) is 5.73. The van der Waals surface area contributed by atoms with Crippen molar-refractivity contribution >= 4 is 68.8 Å². The normalized spacial score (nSPS) is 11.9. The van der Waals surface area contributed by atoms with Crippen LogP contribution >= 0.6 is 23.6 Å². The second kappa shape index (κ2) is 14.0. The average molecular weight is 771 g/mol. The van der Waals surface area contributed by atoms with Gasteiger partial charge in [-0.2, -0.15) is 0 Å². The van der Waals surface area contributed by atoms with Gasteiger partial charge >= 0.3 is 5.97 Å². The molecule has 8 aromatic rings. The van der Waals surface area contributed by atoms with Crippen LogP contribution < -0.4 is 25.6 Å². The van der Waals surface area contributed by atoms with Crippen LogP contribution in [0.4, 0.5) is 5.69 Å². The molecule has 0 bridgehead atoms. The molecule has 266 valence electrons. The summed E-state index contributed by atoms with van der Waals surface area (Å²) in [7, 11) is -4.06. The number of hydrogen-bond donors (Lipinski definition) is 3. The maximum atomic E-state index is 13.6. The SMILES string of the molecule is C=c1[nH]n(-c2ccc(S(=O)(=O)Nc3ccc4nc(-c5ccccc5)cc(-c5n[nH]c(=S)o5)c4c3)cc2)c(=O)/c1=C\c1ccc(OC(=O)c2cccs2)cc1. The van der Waals surface area contributed by atoms with Crippen LogP contribution in [0.2, 0.25) is 0 Å². The predicted molar refractivity (Wildman–Crippen MR) is 209 cm³/mol. The minimum absolute atomic E-state index is 0.0247. The molecule has 54 heavy (non-hydrogen) atoms. The number of carbonyl (C=O) groups excluding carboxylic acids is 1. The zero-order valence-corrected chi connectivity index (χ0v) is 30.3. The van der Waals surface area contributed by atoms with Crippen LogP contribution in [0.1, 0.15) is 15.2 Å². The molecule has 0 unspecified atom stereocenters. The van der Waals surface area contributed by atoms with E-state index in [2.05, 4.69) is 26.6 Å². The van der Waals surface area contributed by atoms with Crippen molar-refractivity contribution in [1.29, 1.82) is 0 Å². The third-order valence-corrected chi connectivity index (χ3v) is 10.8. The molecule has 4 heterocycles. The van der Waals surface area contributed by atoms with Crippen LogP contribution in [-0.2, 0) is 10.0 Å². The Morgan fingerprint density at radius 3 is 2.44 bits per heavy atom. The summed E-state index contributed by atoms with van der Waals surface area (Å²) in [5.74, 6) is 0.154. The van der Waals surface area contributed by atoms with Crippen molar-refractivity contribution in [3.8, 4) is 34.1 Å². The van der Waals surface area contributed by atoms with Crippen molar-refractivity contribution in [1.82, 2.24) is 25.0 Å². The molecule has 0 amide bonds. The zero-order valence-electron chi connectivity index (χ0n) is 27.8. The molecule has 4 aromatic heterocycles. The summed E-state index contributed by atoms with van der Waals surface area (Å²) < 4.78 is 42.1. The Hall–Kier alpha value is -6.68. The molecule has 0 fully saturated rings. The molecule has 0 saturated heterocycles. The number of thiophene rings is 1. The number of H-pyrrole nitrogens is 2. The van der Waals surface area contributed by atoms with Gasteiger partial charge < -0.3 is 9.15 Å². The van der Waals surface area contributed by atoms with Gasteiger partial charge in [-0.1, -0.05) is 55.1 Å². The number of rotatable bonds is 9. The number of benzene rings is 4. The third-order valence-electron chi connectivity index (χ3n) is 8.33. The number of nitrogens with zero attached hydrogens (tertiary/aromatic N) is 3. The van der Waals surface area contributed by atoms with E-state index in [0.29, 0.717) is 54.6 Å². The van der Waals surface area contributed by atoms with Crippen LogP contribution in [0.5, 0.6) is 5.75 Å². The molecule has 15 heteroatoms. The maximum Gasteiger partial charge on any atom is 0.353 e. The summed E-state index contributed by atoms with van der Waals surface area (Å²) in [5, 5.41) is 12.8. The van der Waals surface area contributed by atoms with E-state index in [0.717, 1.165) is 5.56 Å². The van der Waals surface area contributed by atoms with Crippen LogP contribution in [-0.4, -0.2) is 39.3 Å². The first-order chi connectivity index (χ1) is 26.1. The molecule has 0 radical (unpaired) electrons. The summed E-state index contributed by atoms with van der Waals surface area (Å²) in [6.07, 6.45) is 1.66. The van der Waals surface area contributed by atoms with E-state index in [1.165, 1.54) is 40.3 Å². The average Bonchev–Trinajstić information content (AvgIpc) is 3.94. The lowest BCUT2D eigenvalue weighted by Gasteiger charge is -2.12. The zero-order chi connectivity index (χ0) is 37.4. The quantitative estimate of drug-likeness (QED) is 0.0854. The molecule has 3 N–H and O–H groups in total. The Bertz CT molecular complexity index is 3020. The molecule has 12 nitrogen and oxygen atoms in total. The topological polar surface area (TPSA) is 165 Å². The first kappa shape index (κ1) is 34.4. The van der Waals surface area contributed by atoms with Gasteiger partial charge in [0.2, 0.25) is 5.89 Å². The summed E-state index contributed by atoms with van der Waals surface area (Å²) in [5.41, 5.74) is 3.71. The van der Waals surface area contributed by atoms with Gasteiger partial charge in [0.05, 0.1) is 37.9 Å². The van der Waals surface area contributed by atoms with Gasteiger partial charge in [0.15, 0.2) is 0 Å². The Morgan fingerprint density at radius 2 is 1.74 bits per heavy atom. The highest BCUT2D eigenvalue weighted by Gasteiger charge is 2.18. The number of sulfonamides is 1. The molecule has 0 atom stereocenters. The molecule has 0 spiro atoms. The number of esters is 1. The van der Waals surface area contributed by atoms with Crippen molar-refractivity contribution in [3.05, 3.63) is 157 Å². The standard InChI is InChI=1S/C39H26N6O6S3/c1-23-30(20-24-9-14-28(15-10-24)50-38(47)35-8-5-19-53-35)37(46)45(43-23)27-12-16-29(17-13-27)54(48,49)44-26-11-18-33-31(21-26)32(36-41-42-39(52)51-36)22-34(40-33)25-6-3-2-4-7-25/h2-22,43-44H,1H2,(H,42,52)/b30-20-. The van der Waals surface area contributed by atoms with Crippen molar-refractivity contribution in [2.75, 3.05) is 4.72 Å². The van der Waals surface area contributed by atoms with E-state index < -0.39 is 16.0 Å². The van der Waals surface area contributed by atoms with Crippen LogP contribution in [0.3, 0.4) is 0 Å². The fourth-order valence-corrected chi connectivity index (χ4v) is 7.51. The predicted octanol–water partition coefficient (Wildman–Crippen LogP) is 6.41. The van der Waals surface area contributed by atoms with E-state index in [1.54, 1.807) is 66.1 Å². The van der Waals surface area contributed by atoms with Crippen molar-refractivity contribution in [2.45, 2.75) is 4.90 Å². The number of nitrogens with one attached hydrogen (secondary N) is 3. The molecule has 0 saturated carbocycles. The Labute approximate surface area is 315 Å². The highest BCUT2D eigenvalue weighted by atomic mass is 32.2. The Morgan fingerprint density at radius 1 is 0.963 bits per heavy atom. The van der Waals surface area contributed by atoms with Crippen molar-refractivity contribution < 1.29 is 22.4 Å². The fraction of sp³-hybridized carbons (Fsp3) is 0. The number of anilines is 1. The van der Waals surface area contributed by atoms with E-state index >= 15 is 0 Å². The lowest BCUT2D eigenvalue weighted by molar-refractivity contribution is 0.0740. The van der Waals surface area contributed by atoms with Crippen molar-refractivity contribution in [3.63, 3.8) is 0 Å². The van der Waals surface area contributed by atoms with Gasteiger partial charge in [-0.3, -0.25) is 14.6 Å². The van der Waals surface area contributed by atoms with Crippen LogP contribution in [0.25, 0.3) is 52.0 Å². The smallest absolute Gasteiger partial charge is 0.353 e. The monoisotopic (exact) mass is 770 g/mol. The van der Waals surface area contributed by atoms with Gasteiger partial charge in [0.25, 0.3) is 20.4 Å². The molecule has 4 aromatic carbocycles. The second-order valence-electron chi connectivity index (χ2n) is 11.9. The van der Waals surface area contributed by atoms with E-state index in [9.17, 15) is 18.0 Å². The van der Waals surface area contributed by atoms with Gasteiger partial charge in [-0.25, -0.2) is 28.0 Å². The van der Waals surface area contributed by atoms with Gasteiger partial charge in [0.1, 0.15) is 10.6 Å². The van der Waals surface area contributed by atoms with Crippen molar-refractivity contribution in [2.24, 2.45) is 0 Å². The molecule has 8 rings (SSSR count). The number of hydrogen-bond acceptors (Lipinski definition) is 10. The highest BCUT2D eigenvalue weighted by molar-refractivity contribution is 7.92. The van der Waals surface area contributed by atoms with Crippen LogP contribution in [0.15, 0.2) is 135 Å². The number of fused-ring (bicyclic) bond motifs is 1. The van der Waals surface area contributed by atoms with Gasteiger partial charge in [-0.05, 0) is 96.0 Å². The first-order valence-electron chi connectivity index (χ1n) is 16.2. The number of ether oxygens (including phenoxy) is 1. The first-order valence-corrected chi connectivity index (χ1v) is 19.0. The molecular weight excluding hydrogens is 745 g/mol. The third kappa shape index (κ3) is 6.93. The van der Waals surface area contributed by atoms with Crippen LogP contribution in [0, 0.1) is 4.84 Å². The Balaban J connectivity index is 1.04. The summed E-state index contributed by atoms with van der Waals surface area (Å²) in [4.78, 5) is 31.1. The van der Waals surface area contributed by atoms with E-state index in [4.69, 9.17) is 26.4 Å². The van der Waals surface area contributed by atoms with E-state index in [1.807, 2.05) is 36.4 Å². The molecular formula is C39H26N6O6S3. The minimum atomic E-state index is -4.06. The molecule has 0 aliphatic heterocycles. The largest absolute Gasteiger partial charge is 0.422 e. The van der Waals surface area contributed by atoms with E-state index in [-0.39, 0.29) is 26.9 Å². The maximum absolute atomic E-state index is 13.6.